The Bertz CT molecular complexity index is 874. The van der Waals surface area contributed by atoms with Gasteiger partial charge in [-0.15, -0.1) is 0 Å². The van der Waals surface area contributed by atoms with Crippen molar-refractivity contribution in [2.45, 2.75) is 27.7 Å². The average Bonchev–Trinajstić information content (AvgIpc) is 2.85. The van der Waals surface area contributed by atoms with Crippen LogP contribution >= 0.6 is 11.8 Å². The number of nitrogens with zero attached hydrogens (tertiary/aromatic N) is 2. The Hall–Kier alpha value is -2.70. The van der Waals surface area contributed by atoms with Gasteiger partial charge >= 0.3 is 0 Å². The molecule has 0 unspecified atom stereocenters. The van der Waals surface area contributed by atoms with Crippen LogP contribution in [0.25, 0.3) is 6.08 Å². The van der Waals surface area contributed by atoms with Crippen molar-refractivity contribution in [2.24, 2.45) is 4.99 Å². The third-order valence-corrected chi connectivity index (χ3v) is 5.22. The van der Waals surface area contributed by atoms with E-state index in [1.807, 2.05) is 58.0 Å². The van der Waals surface area contributed by atoms with Crippen molar-refractivity contribution in [2.75, 3.05) is 43.4 Å². The van der Waals surface area contributed by atoms with Gasteiger partial charge in [-0.05, 0) is 42.0 Å². The number of aromatic hydroxyl groups is 1. The SMILES string of the molecule is C=C(/C=C/c1cccc(O)c1)SC(=NC)Nc1cccc(N2CCNCC2)c1.CC.CC. The summed E-state index contributed by atoms with van der Waals surface area (Å²) in [4.78, 5) is 7.58. The number of hydrogen-bond donors (Lipinski definition) is 3. The summed E-state index contributed by atoms with van der Waals surface area (Å²) in [5.74, 6) is 0.252. The third kappa shape index (κ3) is 9.62. The molecule has 0 bridgehead atoms. The van der Waals surface area contributed by atoms with Crippen LogP contribution in [0, 0.1) is 0 Å². The van der Waals surface area contributed by atoms with E-state index in [1.165, 1.54) is 17.4 Å². The van der Waals surface area contributed by atoms with Crippen molar-refractivity contribution in [3.8, 4) is 5.75 Å². The molecule has 1 fully saturated rings. The van der Waals surface area contributed by atoms with E-state index < -0.39 is 0 Å². The van der Waals surface area contributed by atoms with E-state index in [4.69, 9.17) is 0 Å². The normalized spacial score (nSPS) is 13.5. The lowest BCUT2D eigenvalue weighted by Crippen LogP contribution is -2.43. The molecule has 174 valence electrons. The first-order chi connectivity index (χ1) is 15.6. The van der Waals surface area contributed by atoms with E-state index in [0.29, 0.717) is 0 Å². The van der Waals surface area contributed by atoms with E-state index in [1.54, 1.807) is 19.2 Å². The molecule has 3 N–H and O–H groups in total. The first kappa shape index (κ1) is 27.3. The highest BCUT2D eigenvalue weighted by Crippen LogP contribution is 2.24. The van der Waals surface area contributed by atoms with Gasteiger partial charge in [0.15, 0.2) is 5.17 Å². The summed E-state index contributed by atoms with van der Waals surface area (Å²) < 4.78 is 0. The number of benzene rings is 2. The Labute approximate surface area is 198 Å². The molecule has 6 heteroatoms. The second kappa shape index (κ2) is 16.0. The zero-order chi connectivity index (χ0) is 23.8. The predicted molar refractivity (Wildman–Crippen MR) is 145 cm³/mol. The zero-order valence-electron chi connectivity index (χ0n) is 20.1. The number of thioether (sulfide) groups is 1. The van der Waals surface area contributed by atoms with Crippen LogP contribution in [0.2, 0.25) is 0 Å². The Morgan fingerprint density at radius 2 is 1.78 bits per heavy atom. The van der Waals surface area contributed by atoms with E-state index >= 15 is 0 Å². The second-order valence-electron chi connectivity index (χ2n) is 6.44. The molecule has 2 aromatic carbocycles. The largest absolute Gasteiger partial charge is 0.508 e. The molecule has 0 amide bonds. The van der Waals surface area contributed by atoms with E-state index in [9.17, 15) is 5.11 Å². The molecule has 0 atom stereocenters. The molecule has 32 heavy (non-hydrogen) atoms. The van der Waals surface area contributed by atoms with Crippen LogP contribution < -0.4 is 15.5 Å². The molecule has 3 rings (SSSR count). The highest BCUT2D eigenvalue weighted by molar-refractivity contribution is 8.17. The van der Waals surface area contributed by atoms with Crippen LogP contribution in [0.15, 0.2) is 71.1 Å². The molecule has 0 spiro atoms. The topological polar surface area (TPSA) is 59.9 Å². The Kier molecular flexibility index (Phi) is 13.7. The molecule has 0 aromatic heterocycles. The highest BCUT2D eigenvalue weighted by atomic mass is 32.2. The van der Waals surface area contributed by atoms with Crippen LogP contribution in [0.1, 0.15) is 33.3 Å². The van der Waals surface area contributed by atoms with Crippen LogP contribution in [0.3, 0.4) is 0 Å². The average molecular weight is 455 g/mol. The van der Waals surface area contributed by atoms with Gasteiger partial charge in [-0.2, -0.15) is 0 Å². The quantitative estimate of drug-likeness (QED) is 0.285. The zero-order valence-corrected chi connectivity index (χ0v) is 20.9. The first-order valence-corrected chi connectivity index (χ1v) is 12.1. The number of phenols is 1. The molecule has 0 radical (unpaired) electrons. The van der Waals surface area contributed by atoms with Gasteiger partial charge in [-0.25, -0.2) is 0 Å². The van der Waals surface area contributed by atoms with Gasteiger partial charge in [-0.1, -0.05) is 70.3 Å². The summed E-state index contributed by atoms with van der Waals surface area (Å²) in [6.45, 7) is 16.2. The number of hydrogen-bond acceptors (Lipinski definition) is 5. The Morgan fingerprint density at radius 1 is 1.09 bits per heavy atom. The van der Waals surface area contributed by atoms with E-state index in [-0.39, 0.29) is 5.75 Å². The van der Waals surface area contributed by atoms with E-state index in [0.717, 1.165) is 47.5 Å². The molecule has 0 saturated carbocycles. The van der Waals surface area contributed by atoms with Crippen LogP contribution in [0.4, 0.5) is 11.4 Å². The summed E-state index contributed by atoms with van der Waals surface area (Å²) in [7, 11) is 1.77. The second-order valence-corrected chi connectivity index (χ2v) is 7.55. The van der Waals surface area contributed by atoms with Crippen molar-refractivity contribution in [1.29, 1.82) is 0 Å². The maximum Gasteiger partial charge on any atom is 0.165 e. The Morgan fingerprint density at radius 3 is 2.44 bits per heavy atom. The molecule has 0 aliphatic carbocycles. The van der Waals surface area contributed by atoms with Gasteiger partial charge in [0.2, 0.25) is 0 Å². The summed E-state index contributed by atoms with van der Waals surface area (Å²) in [6, 6.07) is 15.5. The van der Waals surface area contributed by atoms with Crippen molar-refractivity contribution < 1.29 is 5.11 Å². The van der Waals surface area contributed by atoms with Crippen LogP contribution in [-0.2, 0) is 0 Å². The summed E-state index contributed by atoms with van der Waals surface area (Å²) in [5.41, 5.74) is 3.15. The number of aliphatic imine (C=N–C) groups is 1. The van der Waals surface area contributed by atoms with Crippen LogP contribution in [-0.4, -0.2) is 43.5 Å². The minimum Gasteiger partial charge on any atom is -0.508 e. The smallest absolute Gasteiger partial charge is 0.165 e. The van der Waals surface area contributed by atoms with Crippen molar-refractivity contribution >= 4 is 34.4 Å². The van der Waals surface area contributed by atoms with Gasteiger partial charge < -0.3 is 20.6 Å². The minimum absolute atomic E-state index is 0.252. The molecule has 5 nitrogen and oxygen atoms in total. The van der Waals surface area contributed by atoms with Gasteiger partial charge in [0.25, 0.3) is 0 Å². The molecule has 1 aliphatic heterocycles. The monoisotopic (exact) mass is 454 g/mol. The lowest BCUT2D eigenvalue weighted by atomic mass is 10.2. The van der Waals surface area contributed by atoms with Gasteiger partial charge in [-0.3, -0.25) is 4.99 Å². The molecule has 1 aliphatic rings. The number of anilines is 2. The fourth-order valence-electron chi connectivity index (χ4n) is 2.93. The lowest BCUT2D eigenvalue weighted by molar-refractivity contribution is 0.475. The molecular weight excluding hydrogens is 416 g/mol. The molecule has 1 saturated heterocycles. The number of piperazine rings is 1. The molecule has 2 aromatic rings. The predicted octanol–water partition coefficient (Wildman–Crippen LogP) is 6.21. The maximum atomic E-state index is 9.54. The maximum absolute atomic E-state index is 9.54. The number of phenolic OH excluding ortho intramolecular Hbond substituents is 1. The molecular formula is C26H38N4OS. The highest BCUT2D eigenvalue weighted by Gasteiger charge is 2.11. The number of allylic oxidation sites excluding steroid dienone is 1. The summed E-state index contributed by atoms with van der Waals surface area (Å²) in [6.07, 6.45) is 3.84. The van der Waals surface area contributed by atoms with Crippen molar-refractivity contribution in [1.82, 2.24) is 5.32 Å². The Balaban J connectivity index is 0.00000121. The fraction of sp³-hybridized carbons (Fsp3) is 0.346. The van der Waals surface area contributed by atoms with Crippen LogP contribution in [0.5, 0.6) is 5.75 Å². The van der Waals surface area contributed by atoms with Crippen molar-refractivity contribution in [3.05, 3.63) is 71.7 Å². The van der Waals surface area contributed by atoms with Crippen molar-refractivity contribution in [3.63, 3.8) is 0 Å². The lowest BCUT2D eigenvalue weighted by Gasteiger charge is -2.29. The number of nitrogens with one attached hydrogen (secondary N) is 2. The first-order valence-electron chi connectivity index (χ1n) is 11.3. The number of amidine groups is 1. The molecule has 1 heterocycles. The number of rotatable bonds is 5. The summed E-state index contributed by atoms with van der Waals surface area (Å²) in [5, 5.41) is 17.1. The van der Waals surface area contributed by atoms with Gasteiger partial charge in [0.1, 0.15) is 5.75 Å². The third-order valence-electron chi connectivity index (χ3n) is 4.34. The summed E-state index contributed by atoms with van der Waals surface area (Å²) >= 11 is 1.48. The van der Waals surface area contributed by atoms with E-state index in [2.05, 4.69) is 45.3 Å². The van der Waals surface area contributed by atoms with Gasteiger partial charge in [0.05, 0.1) is 0 Å². The minimum atomic E-state index is 0.252. The van der Waals surface area contributed by atoms with Gasteiger partial charge in [0, 0.05) is 49.5 Å². The standard InChI is InChI=1S/C22H26N4OS.2C2H6/c1-17(9-10-18-5-3-8-21(27)15-18)28-22(23-2)25-19-6-4-7-20(16-19)26-13-11-24-12-14-26;2*1-2/h3-10,15-16,24,27H,1,11-14H2,2H3,(H,23,25);2*1-2H3/b10-9+;;. The fourth-order valence-corrected chi connectivity index (χ4v) is 3.57.